The summed E-state index contributed by atoms with van der Waals surface area (Å²) in [6.07, 6.45) is -0.160. The van der Waals surface area contributed by atoms with Gasteiger partial charge in [-0.2, -0.15) is 0 Å². The topological polar surface area (TPSA) is 78.3 Å². The third-order valence-corrected chi connectivity index (χ3v) is 5.29. The molecule has 0 aliphatic rings. The third kappa shape index (κ3) is 3.10. The number of ether oxygens (including phenoxy) is 2. The Labute approximate surface area is 149 Å². The van der Waals surface area contributed by atoms with Crippen molar-refractivity contribution in [2.75, 3.05) is 19.5 Å². The summed E-state index contributed by atoms with van der Waals surface area (Å²) in [4.78, 5) is 12.9. The summed E-state index contributed by atoms with van der Waals surface area (Å²) in [5.41, 5.74) is 2.44. The van der Waals surface area contributed by atoms with Gasteiger partial charge >= 0.3 is 0 Å². The summed E-state index contributed by atoms with van der Waals surface area (Å²) in [6, 6.07) is 5.70. The number of hydrogen-bond donors (Lipinski definition) is 1. The standard InChI is InChI=1S/C17H20N4O3S/c1-9-14(12-8-11(24-5)6-7-13(12)21(9)3)15(22)18-17-20-19-16(25-17)10(2)23-4/h6-8,10H,1-5H3,(H,18,20,22). The predicted molar refractivity (Wildman–Crippen MR) is 97.5 cm³/mol. The molecule has 1 atom stereocenters. The Morgan fingerprint density at radius 3 is 2.76 bits per heavy atom. The largest absolute Gasteiger partial charge is 0.497 e. The van der Waals surface area contributed by atoms with Gasteiger partial charge in [0.1, 0.15) is 16.9 Å². The van der Waals surface area contributed by atoms with E-state index in [1.54, 1.807) is 14.2 Å². The second kappa shape index (κ2) is 6.81. The van der Waals surface area contributed by atoms with Gasteiger partial charge in [-0.15, -0.1) is 10.2 Å². The van der Waals surface area contributed by atoms with Crippen molar-refractivity contribution in [1.29, 1.82) is 0 Å². The first-order valence-electron chi connectivity index (χ1n) is 7.76. The van der Waals surface area contributed by atoms with Crippen molar-refractivity contribution < 1.29 is 14.3 Å². The van der Waals surface area contributed by atoms with E-state index in [4.69, 9.17) is 9.47 Å². The van der Waals surface area contributed by atoms with E-state index in [-0.39, 0.29) is 12.0 Å². The molecule has 2 heterocycles. The normalized spacial score (nSPS) is 12.4. The molecule has 1 amide bonds. The quantitative estimate of drug-likeness (QED) is 0.755. The Hall–Kier alpha value is -2.45. The van der Waals surface area contributed by atoms with Crippen LogP contribution in [0.2, 0.25) is 0 Å². The second-order valence-electron chi connectivity index (χ2n) is 5.68. The monoisotopic (exact) mass is 360 g/mol. The fraction of sp³-hybridized carbons (Fsp3) is 0.353. The average Bonchev–Trinajstić information content (AvgIpc) is 3.17. The summed E-state index contributed by atoms with van der Waals surface area (Å²) in [6.45, 7) is 3.80. The van der Waals surface area contributed by atoms with Crippen molar-refractivity contribution in [2.45, 2.75) is 20.0 Å². The highest BCUT2D eigenvalue weighted by Gasteiger charge is 2.21. The molecule has 0 spiro atoms. The molecule has 0 aliphatic carbocycles. The maximum Gasteiger partial charge on any atom is 0.259 e. The number of aromatic nitrogens is 3. The highest BCUT2D eigenvalue weighted by molar-refractivity contribution is 7.15. The summed E-state index contributed by atoms with van der Waals surface area (Å²) in [5.74, 6) is 0.489. The van der Waals surface area contributed by atoms with E-state index < -0.39 is 0 Å². The zero-order valence-corrected chi connectivity index (χ0v) is 15.6. The molecule has 1 N–H and O–H groups in total. The van der Waals surface area contributed by atoms with E-state index in [1.165, 1.54) is 11.3 Å². The van der Waals surface area contributed by atoms with Crippen molar-refractivity contribution in [3.8, 4) is 5.75 Å². The molecule has 1 aromatic carbocycles. The van der Waals surface area contributed by atoms with Crippen molar-refractivity contribution in [2.24, 2.45) is 7.05 Å². The number of nitrogens with zero attached hydrogens (tertiary/aromatic N) is 3. The van der Waals surface area contributed by atoms with Gasteiger partial charge in [0, 0.05) is 30.8 Å². The number of aryl methyl sites for hydroxylation is 1. The minimum absolute atomic E-state index is 0.160. The number of anilines is 1. The molecule has 0 fully saturated rings. The van der Waals surface area contributed by atoms with Gasteiger partial charge in [0.25, 0.3) is 5.91 Å². The highest BCUT2D eigenvalue weighted by atomic mass is 32.1. The Balaban J connectivity index is 1.96. The van der Waals surface area contributed by atoms with E-state index >= 15 is 0 Å². The van der Waals surface area contributed by atoms with Crippen LogP contribution in [0.15, 0.2) is 18.2 Å². The molecule has 0 saturated carbocycles. The Morgan fingerprint density at radius 1 is 1.32 bits per heavy atom. The van der Waals surface area contributed by atoms with Gasteiger partial charge in [-0.1, -0.05) is 11.3 Å². The molecule has 25 heavy (non-hydrogen) atoms. The molecule has 8 heteroatoms. The number of rotatable bonds is 5. The minimum Gasteiger partial charge on any atom is -0.497 e. The number of benzene rings is 1. The van der Waals surface area contributed by atoms with Gasteiger partial charge in [-0.25, -0.2) is 0 Å². The van der Waals surface area contributed by atoms with E-state index in [0.29, 0.717) is 21.5 Å². The maximum atomic E-state index is 12.9. The number of methoxy groups -OCH3 is 2. The van der Waals surface area contributed by atoms with E-state index in [9.17, 15) is 4.79 Å². The fourth-order valence-electron chi connectivity index (χ4n) is 2.67. The Bertz CT molecular complexity index is 932. The second-order valence-corrected chi connectivity index (χ2v) is 6.69. The van der Waals surface area contributed by atoms with Gasteiger partial charge in [-0.05, 0) is 32.0 Å². The number of carbonyl (C=O) groups excluding carboxylic acids is 1. The summed E-state index contributed by atoms with van der Waals surface area (Å²) < 4.78 is 12.5. The van der Waals surface area contributed by atoms with Crippen LogP contribution in [-0.2, 0) is 11.8 Å². The first-order valence-corrected chi connectivity index (χ1v) is 8.58. The molecule has 132 valence electrons. The molecule has 2 aromatic heterocycles. The molecule has 0 bridgehead atoms. The first-order chi connectivity index (χ1) is 12.0. The van der Waals surface area contributed by atoms with E-state index in [0.717, 1.165) is 16.6 Å². The molecule has 3 aromatic rings. The maximum absolute atomic E-state index is 12.9. The number of fused-ring (bicyclic) bond motifs is 1. The van der Waals surface area contributed by atoms with Gasteiger partial charge in [0.2, 0.25) is 5.13 Å². The van der Waals surface area contributed by atoms with Crippen LogP contribution in [0.3, 0.4) is 0 Å². The zero-order chi connectivity index (χ0) is 18.1. The Morgan fingerprint density at radius 2 is 2.08 bits per heavy atom. The number of hydrogen-bond acceptors (Lipinski definition) is 6. The molecular weight excluding hydrogens is 340 g/mol. The van der Waals surface area contributed by atoms with Crippen LogP contribution in [0.4, 0.5) is 5.13 Å². The van der Waals surface area contributed by atoms with Crippen molar-refractivity contribution in [3.63, 3.8) is 0 Å². The highest BCUT2D eigenvalue weighted by Crippen LogP contribution is 2.30. The van der Waals surface area contributed by atoms with E-state index in [2.05, 4.69) is 15.5 Å². The van der Waals surface area contributed by atoms with Crippen LogP contribution in [0, 0.1) is 6.92 Å². The van der Waals surface area contributed by atoms with Crippen LogP contribution in [0.1, 0.15) is 34.1 Å². The molecule has 0 aliphatic heterocycles. The smallest absolute Gasteiger partial charge is 0.259 e. The lowest BCUT2D eigenvalue weighted by atomic mass is 10.1. The van der Waals surface area contributed by atoms with Gasteiger partial charge in [0.05, 0.1) is 12.7 Å². The summed E-state index contributed by atoms with van der Waals surface area (Å²) in [7, 11) is 5.15. The molecule has 7 nitrogen and oxygen atoms in total. The molecule has 0 radical (unpaired) electrons. The Kier molecular flexibility index (Phi) is 4.73. The van der Waals surface area contributed by atoms with Crippen LogP contribution >= 0.6 is 11.3 Å². The fourth-order valence-corrected chi connectivity index (χ4v) is 3.44. The van der Waals surface area contributed by atoms with Crippen molar-refractivity contribution in [1.82, 2.24) is 14.8 Å². The molecular formula is C17H20N4O3S. The molecule has 0 saturated heterocycles. The van der Waals surface area contributed by atoms with Crippen molar-refractivity contribution in [3.05, 3.63) is 34.5 Å². The third-order valence-electron chi connectivity index (χ3n) is 4.29. The van der Waals surface area contributed by atoms with Crippen LogP contribution in [0.5, 0.6) is 5.75 Å². The van der Waals surface area contributed by atoms with Crippen LogP contribution in [0.25, 0.3) is 10.9 Å². The predicted octanol–water partition coefficient (Wildman–Crippen LogP) is 3.31. The van der Waals surface area contributed by atoms with Gasteiger partial charge in [0.15, 0.2) is 0 Å². The number of carbonyl (C=O) groups is 1. The molecule has 1 unspecified atom stereocenters. The zero-order valence-electron chi connectivity index (χ0n) is 14.8. The average molecular weight is 360 g/mol. The summed E-state index contributed by atoms with van der Waals surface area (Å²) in [5, 5.41) is 12.9. The minimum atomic E-state index is -0.218. The summed E-state index contributed by atoms with van der Waals surface area (Å²) >= 11 is 1.30. The van der Waals surface area contributed by atoms with E-state index in [1.807, 2.05) is 43.7 Å². The lowest BCUT2D eigenvalue weighted by molar-refractivity contribution is 0.102. The SMILES string of the molecule is COc1ccc2c(c1)c(C(=O)Nc1nnc(C(C)OC)s1)c(C)n2C. The van der Waals surface area contributed by atoms with Crippen LogP contribution in [-0.4, -0.2) is 34.9 Å². The first kappa shape index (κ1) is 17.4. The number of amides is 1. The number of nitrogens with one attached hydrogen (secondary N) is 1. The van der Waals surface area contributed by atoms with Crippen LogP contribution < -0.4 is 10.1 Å². The van der Waals surface area contributed by atoms with Crippen molar-refractivity contribution >= 4 is 33.3 Å². The molecule has 3 rings (SSSR count). The lowest BCUT2D eigenvalue weighted by Crippen LogP contribution is -2.13. The van der Waals surface area contributed by atoms with Gasteiger partial charge < -0.3 is 14.0 Å². The lowest BCUT2D eigenvalue weighted by Gasteiger charge is -2.04. The van der Waals surface area contributed by atoms with Gasteiger partial charge in [-0.3, -0.25) is 10.1 Å².